The summed E-state index contributed by atoms with van der Waals surface area (Å²) in [7, 11) is 0. The Kier molecular flexibility index (Phi) is 5.70. The Bertz CT molecular complexity index is 1050. The number of aromatic nitrogens is 2. The fraction of sp³-hybridized carbons (Fsp3) is 0.238. The number of benzene rings is 2. The van der Waals surface area contributed by atoms with E-state index in [0.717, 1.165) is 11.6 Å². The molecule has 1 aromatic heterocycles. The van der Waals surface area contributed by atoms with Gasteiger partial charge in [0.1, 0.15) is 5.82 Å². The van der Waals surface area contributed by atoms with Crippen molar-refractivity contribution in [2.75, 3.05) is 5.32 Å². The van der Waals surface area contributed by atoms with Crippen molar-refractivity contribution in [2.45, 2.75) is 32.7 Å². The van der Waals surface area contributed by atoms with Crippen LogP contribution in [0.1, 0.15) is 42.3 Å². The van der Waals surface area contributed by atoms with Crippen molar-refractivity contribution >= 4 is 29.0 Å². The molecule has 0 atom stereocenters. The highest BCUT2D eigenvalue weighted by Crippen LogP contribution is 2.24. The fourth-order valence-electron chi connectivity index (χ4n) is 2.83. The van der Waals surface area contributed by atoms with Crippen LogP contribution in [0.15, 0.2) is 54.7 Å². The molecular weight excluding hydrogens is 392 g/mol. The van der Waals surface area contributed by atoms with E-state index in [4.69, 9.17) is 11.6 Å². The number of nitrogens with one attached hydrogen (secondary N) is 1. The zero-order valence-electron chi connectivity index (χ0n) is 16.3. The molecule has 0 fully saturated rings. The van der Waals surface area contributed by atoms with E-state index >= 15 is 0 Å². The highest BCUT2D eigenvalue weighted by atomic mass is 35.5. The summed E-state index contributed by atoms with van der Waals surface area (Å²) in [6, 6.07) is 13.6. The van der Waals surface area contributed by atoms with Gasteiger partial charge in [0, 0.05) is 18.2 Å². The van der Waals surface area contributed by atoms with E-state index in [1.807, 2.05) is 12.1 Å². The third-order valence-corrected chi connectivity index (χ3v) is 4.85. The van der Waals surface area contributed by atoms with Gasteiger partial charge in [-0.3, -0.25) is 14.9 Å². The van der Waals surface area contributed by atoms with Gasteiger partial charge in [-0.25, -0.2) is 4.68 Å². The van der Waals surface area contributed by atoms with E-state index in [-0.39, 0.29) is 21.7 Å². The average Bonchev–Trinajstić information content (AvgIpc) is 3.08. The predicted octanol–water partition coefficient (Wildman–Crippen LogP) is 5.04. The van der Waals surface area contributed by atoms with Gasteiger partial charge in [-0.1, -0.05) is 56.6 Å². The number of rotatable bonds is 5. The molecule has 0 unspecified atom stereocenters. The Morgan fingerprint density at radius 2 is 1.86 bits per heavy atom. The Hall–Kier alpha value is -3.19. The van der Waals surface area contributed by atoms with Crippen molar-refractivity contribution < 1.29 is 9.72 Å². The summed E-state index contributed by atoms with van der Waals surface area (Å²) in [5, 5.41) is 18.1. The molecule has 1 amide bonds. The monoisotopic (exact) mass is 412 g/mol. The van der Waals surface area contributed by atoms with Crippen molar-refractivity contribution in [1.82, 2.24) is 9.78 Å². The van der Waals surface area contributed by atoms with Gasteiger partial charge >= 0.3 is 0 Å². The van der Waals surface area contributed by atoms with Crippen molar-refractivity contribution in [3.63, 3.8) is 0 Å². The number of nitro benzene ring substituents is 1. The topological polar surface area (TPSA) is 90.1 Å². The van der Waals surface area contributed by atoms with E-state index in [1.165, 1.54) is 17.7 Å². The highest BCUT2D eigenvalue weighted by Gasteiger charge is 2.18. The minimum absolute atomic E-state index is 0.0307. The minimum atomic E-state index is -0.571. The summed E-state index contributed by atoms with van der Waals surface area (Å²) in [5.41, 5.74) is 2.16. The Labute approximate surface area is 173 Å². The molecule has 7 nitrogen and oxygen atoms in total. The molecule has 0 saturated heterocycles. The lowest BCUT2D eigenvalue weighted by atomic mass is 9.87. The molecule has 0 aliphatic carbocycles. The first-order valence-electron chi connectivity index (χ1n) is 9.01. The first kappa shape index (κ1) is 20.5. The lowest BCUT2D eigenvalue weighted by molar-refractivity contribution is -0.384. The predicted molar refractivity (Wildman–Crippen MR) is 113 cm³/mol. The van der Waals surface area contributed by atoms with Gasteiger partial charge in [-0.05, 0) is 22.6 Å². The number of anilines is 1. The lowest BCUT2D eigenvalue weighted by Crippen LogP contribution is -2.17. The van der Waals surface area contributed by atoms with Gasteiger partial charge in [-0.15, -0.1) is 0 Å². The number of amides is 1. The van der Waals surface area contributed by atoms with E-state index < -0.39 is 10.8 Å². The number of carbonyl (C=O) groups excluding carboxylic acids is 1. The number of hydrogen-bond acceptors (Lipinski definition) is 4. The van der Waals surface area contributed by atoms with Gasteiger partial charge in [0.05, 0.1) is 28.3 Å². The van der Waals surface area contributed by atoms with Crippen molar-refractivity contribution in [2.24, 2.45) is 0 Å². The van der Waals surface area contributed by atoms with Crippen LogP contribution in [0.3, 0.4) is 0 Å². The Balaban J connectivity index is 1.78. The molecule has 1 heterocycles. The smallest absolute Gasteiger partial charge is 0.270 e. The number of carbonyl (C=O) groups is 1. The van der Waals surface area contributed by atoms with Gasteiger partial charge in [0.2, 0.25) is 0 Å². The fourth-order valence-corrected chi connectivity index (χ4v) is 3.04. The van der Waals surface area contributed by atoms with E-state index in [1.54, 1.807) is 16.9 Å². The third kappa shape index (κ3) is 4.81. The normalized spacial score (nSPS) is 11.3. The second kappa shape index (κ2) is 8.05. The highest BCUT2D eigenvalue weighted by molar-refractivity contribution is 6.34. The summed E-state index contributed by atoms with van der Waals surface area (Å²) in [6.45, 7) is 6.93. The van der Waals surface area contributed by atoms with Gasteiger partial charge in [0.25, 0.3) is 11.6 Å². The van der Waals surface area contributed by atoms with Crippen LogP contribution in [-0.4, -0.2) is 20.6 Å². The first-order valence-corrected chi connectivity index (χ1v) is 9.39. The molecule has 8 heteroatoms. The van der Waals surface area contributed by atoms with Crippen molar-refractivity contribution in [3.05, 3.63) is 86.6 Å². The molecule has 29 heavy (non-hydrogen) atoms. The van der Waals surface area contributed by atoms with Gasteiger partial charge < -0.3 is 5.32 Å². The maximum absolute atomic E-state index is 12.6. The van der Waals surface area contributed by atoms with Crippen LogP contribution in [0.4, 0.5) is 11.5 Å². The quantitative estimate of drug-likeness (QED) is 0.469. The molecule has 0 saturated carbocycles. The second-order valence-corrected chi connectivity index (χ2v) is 8.10. The number of non-ortho nitro benzene ring substituents is 1. The van der Waals surface area contributed by atoms with E-state index in [2.05, 4.69) is 43.3 Å². The van der Waals surface area contributed by atoms with Gasteiger partial charge in [0.15, 0.2) is 0 Å². The second-order valence-electron chi connectivity index (χ2n) is 7.70. The molecule has 2 aromatic carbocycles. The standard InChI is InChI=1S/C21H21ClN4O3/c1-21(2,3)15-6-4-14(5-7-15)13-25-19(10-11-23-25)24-20(27)17-12-16(26(28)29)8-9-18(17)22/h4-12H,13H2,1-3H3,(H,24,27). The SMILES string of the molecule is CC(C)(C)c1ccc(Cn2nccc2NC(=O)c2cc([N+](=O)[O-])ccc2Cl)cc1. The molecule has 0 radical (unpaired) electrons. The average molecular weight is 413 g/mol. The van der Waals surface area contributed by atoms with Crippen LogP contribution in [0, 0.1) is 10.1 Å². The van der Waals surface area contributed by atoms with Crippen LogP contribution in [-0.2, 0) is 12.0 Å². The summed E-state index contributed by atoms with van der Waals surface area (Å²) in [4.78, 5) is 23.0. The summed E-state index contributed by atoms with van der Waals surface area (Å²) >= 11 is 6.05. The summed E-state index contributed by atoms with van der Waals surface area (Å²) in [5.74, 6) is -0.0685. The van der Waals surface area contributed by atoms with Crippen LogP contribution in [0.25, 0.3) is 0 Å². The molecule has 0 spiro atoms. The number of halogens is 1. The first-order chi connectivity index (χ1) is 13.6. The molecule has 3 rings (SSSR count). The molecule has 0 aliphatic rings. The van der Waals surface area contributed by atoms with Crippen LogP contribution >= 0.6 is 11.6 Å². The largest absolute Gasteiger partial charge is 0.307 e. The van der Waals surface area contributed by atoms with Gasteiger partial charge in [-0.2, -0.15) is 5.10 Å². The number of hydrogen-bond donors (Lipinski definition) is 1. The Morgan fingerprint density at radius 1 is 1.17 bits per heavy atom. The van der Waals surface area contributed by atoms with Crippen LogP contribution in [0.5, 0.6) is 0 Å². The molecule has 1 N–H and O–H groups in total. The molecular formula is C21H21ClN4O3. The lowest BCUT2D eigenvalue weighted by Gasteiger charge is -2.19. The number of nitro groups is 1. The maximum Gasteiger partial charge on any atom is 0.270 e. The third-order valence-electron chi connectivity index (χ3n) is 4.52. The zero-order chi connectivity index (χ0) is 21.2. The van der Waals surface area contributed by atoms with Crippen molar-refractivity contribution in [3.8, 4) is 0 Å². The summed E-state index contributed by atoms with van der Waals surface area (Å²) < 4.78 is 1.65. The molecule has 0 bridgehead atoms. The maximum atomic E-state index is 12.6. The van der Waals surface area contributed by atoms with Crippen LogP contribution < -0.4 is 5.32 Å². The summed E-state index contributed by atoms with van der Waals surface area (Å²) in [6.07, 6.45) is 1.58. The van der Waals surface area contributed by atoms with E-state index in [0.29, 0.717) is 12.4 Å². The molecule has 150 valence electrons. The number of nitrogens with zero attached hydrogens (tertiary/aromatic N) is 3. The van der Waals surface area contributed by atoms with Crippen LogP contribution in [0.2, 0.25) is 5.02 Å². The molecule has 3 aromatic rings. The minimum Gasteiger partial charge on any atom is -0.307 e. The Morgan fingerprint density at radius 3 is 2.48 bits per heavy atom. The molecule has 0 aliphatic heterocycles. The van der Waals surface area contributed by atoms with Crippen molar-refractivity contribution in [1.29, 1.82) is 0 Å². The zero-order valence-corrected chi connectivity index (χ0v) is 17.1. The van der Waals surface area contributed by atoms with E-state index in [9.17, 15) is 14.9 Å².